The molecule has 2 amide bonds. The zero-order chi connectivity index (χ0) is 18.2. The first-order valence-electron chi connectivity index (χ1n) is 7.91. The van der Waals surface area contributed by atoms with Crippen LogP contribution in [0.2, 0.25) is 0 Å². The van der Waals surface area contributed by atoms with Gasteiger partial charge in [0.05, 0.1) is 24.2 Å². The summed E-state index contributed by atoms with van der Waals surface area (Å²) < 4.78 is 37.2. The largest absolute Gasteiger partial charge is 0.446 e. The molecule has 1 saturated heterocycles. The molecular formula is C16H18F3N3O2S. The number of thioether (sulfide) groups is 1. The highest BCUT2D eigenvalue weighted by molar-refractivity contribution is 8.00. The highest BCUT2D eigenvalue weighted by atomic mass is 32.2. The lowest BCUT2D eigenvalue weighted by atomic mass is 10.0. The normalized spacial score (nSPS) is 25.2. The minimum Gasteiger partial charge on any atom is -0.345 e. The number of hydrogen-bond donors (Lipinski definition) is 3. The summed E-state index contributed by atoms with van der Waals surface area (Å²) in [6, 6.07) is 5.44. The maximum atomic E-state index is 12.5. The quantitative estimate of drug-likeness (QED) is 0.708. The molecule has 2 unspecified atom stereocenters. The van der Waals surface area contributed by atoms with Gasteiger partial charge in [0.2, 0.25) is 11.8 Å². The van der Waals surface area contributed by atoms with E-state index in [1.165, 1.54) is 12.1 Å². The van der Waals surface area contributed by atoms with Gasteiger partial charge in [-0.15, -0.1) is 0 Å². The van der Waals surface area contributed by atoms with E-state index in [4.69, 9.17) is 0 Å². The van der Waals surface area contributed by atoms with E-state index in [2.05, 4.69) is 16.0 Å². The molecule has 1 aromatic rings. The van der Waals surface area contributed by atoms with Crippen molar-refractivity contribution in [2.24, 2.45) is 0 Å². The summed E-state index contributed by atoms with van der Waals surface area (Å²) in [7, 11) is 0. The Hall–Kier alpha value is -1.74. The average Bonchev–Trinajstić information content (AvgIpc) is 3.26. The van der Waals surface area contributed by atoms with Crippen molar-refractivity contribution in [3.05, 3.63) is 29.8 Å². The molecule has 3 N–H and O–H groups in total. The van der Waals surface area contributed by atoms with Crippen molar-refractivity contribution in [1.29, 1.82) is 0 Å². The summed E-state index contributed by atoms with van der Waals surface area (Å²) in [6.45, 7) is 1.75. The van der Waals surface area contributed by atoms with Crippen LogP contribution in [0.5, 0.6) is 0 Å². The van der Waals surface area contributed by atoms with Crippen LogP contribution in [-0.2, 0) is 15.1 Å². The van der Waals surface area contributed by atoms with E-state index in [-0.39, 0.29) is 41.1 Å². The molecule has 5 nitrogen and oxygen atoms in total. The molecule has 0 spiro atoms. The molecule has 2 atom stereocenters. The third kappa shape index (κ3) is 4.46. The van der Waals surface area contributed by atoms with Crippen LogP contribution in [0.1, 0.15) is 31.7 Å². The molecule has 9 heteroatoms. The monoisotopic (exact) mass is 373 g/mol. The van der Waals surface area contributed by atoms with Crippen molar-refractivity contribution in [1.82, 2.24) is 16.0 Å². The van der Waals surface area contributed by atoms with E-state index in [1.807, 2.05) is 0 Å². The van der Waals surface area contributed by atoms with Crippen molar-refractivity contribution >= 4 is 23.6 Å². The summed E-state index contributed by atoms with van der Waals surface area (Å²) >= 11 is -0.164. The van der Waals surface area contributed by atoms with Crippen molar-refractivity contribution in [3.63, 3.8) is 0 Å². The van der Waals surface area contributed by atoms with Gasteiger partial charge in [0.15, 0.2) is 0 Å². The number of amides is 2. The Morgan fingerprint density at radius 3 is 2.44 bits per heavy atom. The van der Waals surface area contributed by atoms with Crippen LogP contribution < -0.4 is 16.0 Å². The molecule has 25 heavy (non-hydrogen) atoms. The second-order valence-corrected chi connectivity index (χ2v) is 7.49. The van der Waals surface area contributed by atoms with Gasteiger partial charge in [-0.05, 0) is 49.2 Å². The van der Waals surface area contributed by atoms with Gasteiger partial charge in [-0.1, -0.05) is 12.1 Å². The second kappa shape index (κ2) is 6.53. The van der Waals surface area contributed by atoms with E-state index in [9.17, 15) is 22.8 Å². The third-order valence-electron chi connectivity index (χ3n) is 4.29. The predicted molar refractivity (Wildman–Crippen MR) is 86.6 cm³/mol. The number of benzene rings is 1. The summed E-state index contributed by atoms with van der Waals surface area (Å²) in [6.07, 6.45) is 1.22. The van der Waals surface area contributed by atoms with Crippen LogP contribution in [0.3, 0.4) is 0 Å². The first-order chi connectivity index (χ1) is 11.7. The zero-order valence-corrected chi connectivity index (χ0v) is 14.3. The van der Waals surface area contributed by atoms with Crippen LogP contribution in [0, 0.1) is 0 Å². The molecular weight excluding hydrogens is 355 g/mol. The first-order valence-corrected chi connectivity index (χ1v) is 8.72. The van der Waals surface area contributed by atoms with Gasteiger partial charge in [-0.3, -0.25) is 14.9 Å². The van der Waals surface area contributed by atoms with E-state index >= 15 is 0 Å². The van der Waals surface area contributed by atoms with Gasteiger partial charge in [0.1, 0.15) is 0 Å². The Labute approximate surface area is 147 Å². The third-order valence-corrected chi connectivity index (χ3v) is 5.03. The van der Waals surface area contributed by atoms with Crippen LogP contribution in [-0.4, -0.2) is 29.5 Å². The lowest BCUT2D eigenvalue weighted by Gasteiger charge is -2.30. The molecule has 0 radical (unpaired) electrons. The van der Waals surface area contributed by atoms with Crippen LogP contribution >= 0.6 is 11.8 Å². The predicted octanol–water partition coefficient (Wildman–Crippen LogP) is 2.23. The van der Waals surface area contributed by atoms with E-state index in [0.717, 1.165) is 18.4 Å². The zero-order valence-electron chi connectivity index (χ0n) is 13.4. The number of rotatable bonds is 4. The van der Waals surface area contributed by atoms with Crippen molar-refractivity contribution in [2.75, 3.05) is 0 Å². The smallest absolute Gasteiger partial charge is 0.345 e. The summed E-state index contributed by atoms with van der Waals surface area (Å²) in [5.41, 5.74) is -4.09. The number of alkyl halides is 3. The van der Waals surface area contributed by atoms with Gasteiger partial charge >= 0.3 is 5.51 Å². The maximum Gasteiger partial charge on any atom is 0.446 e. The van der Waals surface area contributed by atoms with E-state index in [1.54, 1.807) is 19.1 Å². The standard InChI is InChI=1S/C16H18F3N3O2S/c1-9-20-12(8-13(23)21-9)14(24)22-15(6-7-15)10-2-4-11(5-3-10)25-16(17,18)19/h2-5,9,12,20H,6-8H2,1H3,(H,21,23)(H,22,24). The van der Waals surface area contributed by atoms with Crippen molar-refractivity contribution < 1.29 is 22.8 Å². The Morgan fingerprint density at radius 1 is 1.28 bits per heavy atom. The van der Waals surface area contributed by atoms with Gasteiger partial charge in [0, 0.05) is 4.90 Å². The molecule has 0 aromatic heterocycles. The molecule has 1 aromatic carbocycles. The Kier molecular flexibility index (Phi) is 4.72. The molecule has 1 aliphatic heterocycles. The van der Waals surface area contributed by atoms with Crippen molar-refractivity contribution in [3.8, 4) is 0 Å². The summed E-state index contributed by atoms with van der Waals surface area (Å²) in [5.74, 6) is -0.460. The number of hydrogen-bond acceptors (Lipinski definition) is 4. The lowest BCUT2D eigenvalue weighted by molar-refractivity contribution is -0.132. The molecule has 0 bridgehead atoms. The second-order valence-electron chi connectivity index (χ2n) is 6.36. The number of carbonyl (C=O) groups excluding carboxylic acids is 2. The van der Waals surface area contributed by atoms with Gasteiger partial charge in [-0.25, -0.2) is 0 Å². The van der Waals surface area contributed by atoms with Crippen LogP contribution in [0.15, 0.2) is 29.2 Å². The lowest BCUT2D eigenvalue weighted by Crippen LogP contribution is -2.60. The fourth-order valence-electron chi connectivity index (χ4n) is 2.97. The summed E-state index contributed by atoms with van der Waals surface area (Å²) in [4.78, 5) is 24.1. The van der Waals surface area contributed by atoms with Gasteiger partial charge in [0.25, 0.3) is 0 Å². The molecule has 136 valence electrons. The molecule has 3 rings (SSSR count). The number of carbonyl (C=O) groups is 2. The average molecular weight is 373 g/mol. The molecule has 1 saturated carbocycles. The molecule has 2 aliphatic rings. The highest BCUT2D eigenvalue weighted by Crippen LogP contribution is 2.46. The minimum atomic E-state index is -4.32. The SMILES string of the molecule is CC1NC(=O)CC(C(=O)NC2(c3ccc(SC(F)(F)F)cc3)CC2)N1. The van der Waals surface area contributed by atoms with E-state index in [0.29, 0.717) is 0 Å². The Morgan fingerprint density at radius 2 is 1.92 bits per heavy atom. The van der Waals surface area contributed by atoms with Crippen LogP contribution in [0.4, 0.5) is 13.2 Å². The Bertz CT molecular complexity index is 674. The molecule has 1 aliphatic carbocycles. The molecule has 2 fully saturated rings. The maximum absolute atomic E-state index is 12.5. The number of nitrogens with one attached hydrogen (secondary N) is 3. The number of halogens is 3. The van der Waals surface area contributed by atoms with Gasteiger partial charge in [-0.2, -0.15) is 13.2 Å². The molecule has 1 heterocycles. The minimum absolute atomic E-state index is 0.0629. The van der Waals surface area contributed by atoms with E-state index < -0.39 is 17.1 Å². The fourth-order valence-corrected chi connectivity index (χ4v) is 3.51. The highest BCUT2D eigenvalue weighted by Gasteiger charge is 2.47. The van der Waals surface area contributed by atoms with Gasteiger partial charge < -0.3 is 10.6 Å². The topological polar surface area (TPSA) is 70.2 Å². The first kappa shape index (κ1) is 18.1. The fraction of sp³-hybridized carbons (Fsp3) is 0.500. The Balaban J connectivity index is 1.66. The van der Waals surface area contributed by atoms with Crippen LogP contribution in [0.25, 0.3) is 0 Å². The summed E-state index contributed by atoms with van der Waals surface area (Å²) in [5, 5.41) is 8.64. The van der Waals surface area contributed by atoms with Crippen molar-refractivity contribution in [2.45, 2.75) is 54.3 Å².